The highest BCUT2D eigenvalue weighted by atomic mass is 16.4. The fraction of sp³-hybridized carbons (Fsp3) is 0.875. The van der Waals surface area contributed by atoms with Gasteiger partial charge in [0.15, 0.2) is 0 Å². The van der Waals surface area contributed by atoms with Crippen LogP contribution in [0.15, 0.2) is 0 Å². The third kappa shape index (κ3) is 3.69. The summed E-state index contributed by atoms with van der Waals surface area (Å²) in [6.07, 6.45) is 2.08. The van der Waals surface area contributed by atoms with Crippen molar-refractivity contribution in [3.63, 3.8) is 0 Å². The third-order valence-electron chi connectivity index (χ3n) is 1.90. The van der Waals surface area contributed by atoms with Crippen molar-refractivity contribution >= 4 is 5.97 Å². The lowest BCUT2D eigenvalue weighted by molar-refractivity contribution is -0.142. The molecule has 1 unspecified atom stereocenters. The number of unbranched alkanes of at least 4 members (excludes halogenated alkanes) is 1. The van der Waals surface area contributed by atoms with Crippen molar-refractivity contribution in [1.29, 1.82) is 0 Å². The van der Waals surface area contributed by atoms with Crippen LogP contribution in [0.25, 0.3) is 0 Å². The Balaban J connectivity index is 3.85. The maximum Gasteiger partial charge on any atom is 0.322 e. The number of hydrogen-bond donors (Lipinski definition) is 2. The minimum atomic E-state index is -0.837. The lowest BCUT2D eigenvalue weighted by atomic mass is 10.2. The van der Waals surface area contributed by atoms with Gasteiger partial charge in [-0.1, -0.05) is 13.3 Å². The molecule has 12 heavy (non-hydrogen) atoms. The van der Waals surface area contributed by atoms with Crippen molar-refractivity contribution in [2.75, 3.05) is 20.1 Å². The highest BCUT2D eigenvalue weighted by Gasteiger charge is 2.19. The van der Waals surface area contributed by atoms with Gasteiger partial charge in [0, 0.05) is 6.54 Å². The first kappa shape index (κ1) is 11.4. The fourth-order valence-corrected chi connectivity index (χ4v) is 1.03. The van der Waals surface area contributed by atoms with Crippen molar-refractivity contribution in [3.8, 4) is 0 Å². The molecule has 4 heteroatoms. The van der Waals surface area contributed by atoms with Crippen LogP contribution in [0.3, 0.4) is 0 Å². The zero-order valence-corrected chi connectivity index (χ0v) is 7.79. The van der Waals surface area contributed by atoms with Crippen LogP contribution in [0.1, 0.15) is 19.8 Å². The van der Waals surface area contributed by atoms with E-state index < -0.39 is 12.0 Å². The number of nitrogens with zero attached hydrogens (tertiary/aromatic N) is 1. The van der Waals surface area contributed by atoms with Gasteiger partial charge in [-0.25, -0.2) is 0 Å². The fourth-order valence-electron chi connectivity index (χ4n) is 1.03. The summed E-state index contributed by atoms with van der Waals surface area (Å²) in [5.41, 5.74) is 5.32. The van der Waals surface area contributed by atoms with E-state index in [0.29, 0.717) is 0 Å². The Hall–Kier alpha value is -0.610. The lowest BCUT2D eigenvalue weighted by Crippen LogP contribution is -2.44. The van der Waals surface area contributed by atoms with Gasteiger partial charge >= 0.3 is 5.97 Å². The van der Waals surface area contributed by atoms with Gasteiger partial charge < -0.3 is 10.8 Å². The Bertz CT molecular complexity index is 139. The molecule has 0 rings (SSSR count). The van der Waals surface area contributed by atoms with E-state index in [2.05, 4.69) is 6.92 Å². The van der Waals surface area contributed by atoms with Crippen LogP contribution in [0, 0.1) is 0 Å². The Labute approximate surface area is 73.3 Å². The molecule has 0 aromatic carbocycles. The zero-order chi connectivity index (χ0) is 9.56. The second-order valence-electron chi connectivity index (χ2n) is 2.92. The number of aliphatic carboxylic acids is 1. The zero-order valence-electron chi connectivity index (χ0n) is 7.79. The molecule has 0 spiro atoms. The van der Waals surface area contributed by atoms with Crippen molar-refractivity contribution < 1.29 is 9.90 Å². The number of carbonyl (C=O) groups is 1. The average molecular weight is 174 g/mol. The molecule has 4 nitrogen and oxygen atoms in total. The summed E-state index contributed by atoms with van der Waals surface area (Å²) in [4.78, 5) is 12.4. The van der Waals surface area contributed by atoms with E-state index in [9.17, 15) is 4.79 Å². The summed E-state index contributed by atoms with van der Waals surface area (Å²) in [7, 11) is 1.79. The molecular formula is C8H18N2O2. The van der Waals surface area contributed by atoms with E-state index in [-0.39, 0.29) is 6.54 Å². The van der Waals surface area contributed by atoms with Crippen LogP contribution < -0.4 is 5.73 Å². The number of likely N-dealkylation sites (N-methyl/N-ethyl adjacent to an activating group) is 1. The Morgan fingerprint density at radius 3 is 2.58 bits per heavy atom. The molecule has 0 heterocycles. The van der Waals surface area contributed by atoms with Crippen molar-refractivity contribution in [1.82, 2.24) is 4.90 Å². The molecule has 0 aliphatic carbocycles. The largest absolute Gasteiger partial charge is 0.480 e. The predicted molar refractivity (Wildman–Crippen MR) is 48.0 cm³/mol. The molecule has 3 N–H and O–H groups in total. The number of nitrogens with two attached hydrogens (primary N) is 1. The van der Waals surface area contributed by atoms with E-state index in [1.807, 2.05) is 0 Å². The normalized spacial score (nSPS) is 13.3. The number of carboxylic acids is 1. The lowest BCUT2D eigenvalue weighted by Gasteiger charge is -2.22. The summed E-state index contributed by atoms with van der Waals surface area (Å²) >= 11 is 0. The topological polar surface area (TPSA) is 66.6 Å². The van der Waals surface area contributed by atoms with E-state index in [0.717, 1.165) is 19.4 Å². The Morgan fingerprint density at radius 1 is 1.67 bits per heavy atom. The van der Waals surface area contributed by atoms with E-state index in [1.54, 1.807) is 11.9 Å². The van der Waals surface area contributed by atoms with Crippen LogP contribution >= 0.6 is 0 Å². The number of carboxylic acid groups (broad SMARTS) is 1. The second-order valence-corrected chi connectivity index (χ2v) is 2.92. The molecule has 0 saturated carbocycles. The standard InChI is InChI=1S/C8H18N2O2/c1-3-4-5-10(2)7(6-9)8(11)12/h7H,3-6,9H2,1-2H3,(H,11,12). The van der Waals surface area contributed by atoms with Crippen molar-refractivity contribution in [2.24, 2.45) is 5.73 Å². The molecule has 1 atom stereocenters. The molecule has 0 bridgehead atoms. The first-order valence-electron chi connectivity index (χ1n) is 4.26. The second kappa shape index (κ2) is 5.97. The SMILES string of the molecule is CCCCN(C)C(CN)C(=O)O. The highest BCUT2D eigenvalue weighted by molar-refractivity contribution is 5.73. The van der Waals surface area contributed by atoms with Crippen LogP contribution in [0.4, 0.5) is 0 Å². The molecule has 0 aliphatic rings. The Morgan fingerprint density at radius 2 is 2.25 bits per heavy atom. The summed E-state index contributed by atoms with van der Waals surface area (Å²) in [6, 6.07) is -0.531. The van der Waals surface area contributed by atoms with Crippen molar-refractivity contribution in [3.05, 3.63) is 0 Å². The molecule has 0 aromatic heterocycles. The van der Waals surface area contributed by atoms with Gasteiger partial charge in [-0.3, -0.25) is 9.69 Å². The molecule has 0 aromatic rings. The minimum Gasteiger partial charge on any atom is -0.480 e. The van der Waals surface area contributed by atoms with Gasteiger partial charge in [-0.2, -0.15) is 0 Å². The van der Waals surface area contributed by atoms with E-state index in [1.165, 1.54) is 0 Å². The number of rotatable bonds is 6. The molecule has 0 radical (unpaired) electrons. The smallest absolute Gasteiger partial charge is 0.322 e. The van der Waals surface area contributed by atoms with Gasteiger partial charge in [0.2, 0.25) is 0 Å². The first-order valence-corrected chi connectivity index (χ1v) is 4.26. The summed E-state index contributed by atoms with van der Waals surface area (Å²) in [5.74, 6) is -0.837. The van der Waals surface area contributed by atoms with Gasteiger partial charge in [-0.05, 0) is 20.0 Å². The van der Waals surface area contributed by atoms with Crippen LogP contribution in [0.5, 0.6) is 0 Å². The van der Waals surface area contributed by atoms with Crippen LogP contribution in [-0.4, -0.2) is 42.2 Å². The third-order valence-corrected chi connectivity index (χ3v) is 1.90. The van der Waals surface area contributed by atoms with Gasteiger partial charge in [0.1, 0.15) is 6.04 Å². The molecule has 0 fully saturated rings. The molecule has 0 amide bonds. The van der Waals surface area contributed by atoms with Gasteiger partial charge in [-0.15, -0.1) is 0 Å². The Kier molecular flexibility index (Phi) is 5.66. The predicted octanol–water partition coefficient (Wildman–Crippen LogP) is 0.130. The maximum atomic E-state index is 10.6. The first-order chi connectivity index (χ1) is 5.63. The summed E-state index contributed by atoms with van der Waals surface area (Å²) in [5, 5.41) is 8.72. The number of hydrogen-bond acceptors (Lipinski definition) is 3. The molecule has 0 saturated heterocycles. The highest BCUT2D eigenvalue weighted by Crippen LogP contribution is 1.98. The monoisotopic (exact) mass is 174 g/mol. The quantitative estimate of drug-likeness (QED) is 0.600. The molecule has 0 aliphatic heterocycles. The molecule has 72 valence electrons. The van der Waals surface area contributed by atoms with E-state index in [4.69, 9.17) is 10.8 Å². The van der Waals surface area contributed by atoms with E-state index >= 15 is 0 Å². The summed E-state index contributed by atoms with van der Waals surface area (Å²) in [6.45, 7) is 3.05. The summed E-state index contributed by atoms with van der Waals surface area (Å²) < 4.78 is 0. The van der Waals surface area contributed by atoms with Gasteiger partial charge in [0.05, 0.1) is 0 Å². The molecular weight excluding hydrogens is 156 g/mol. The van der Waals surface area contributed by atoms with Crippen LogP contribution in [0.2, 0.25) is 0 Å². The minimum absolute atomic E-state index is 0.176. The van der Waals surface area contributed by atoms with Gasteiger partial charge in [0.25, 0.3) is 0 Å². The van der Waals surface area contributed by atoms with Crippen LogP contribution in [-0.2, 0) is 4.79 Å². The average Bonchev–Trinajstić information content (AvgIpc) is 2.01. The van der Waals surface area contributed by atoms with Crippen molar-refractivity contribution in [2.45, 2.75) is 25.8 Å². The maximum absolute atomic E-state index is 10.6.